The first-order chi connectivity index (χ1) is 9.83. The van der Waals surface area contributed by atoms with Crippen molar-refractivity contribution in [1.29, 1.82) is 0 Å². The van der Waals surface area contributed by atoms with Crippen molar-refractivity contribution in [3.05, 3.63) is 34.9 Å². The molecule has 0 radical (unpaired) electrons. The van der Waals surface area contributed by atoms with E-state index in [1.807, 2.05) is 0 Å². The normalized spacial score (nSPS) is 24.0. The highest BCUT2D eigenvalue weighted by molar-refractivity contribution is 5.35. The summed E-state index contributed by atoms with van der Waals surface area (Å²) in [4.78, 5) is 0. The molecule has 3 rings (SSSR count). The van der Waals surface area contributed by atoms with E-state index >= 15 is 0 Å². The lowest BCUT2D eigenvalue weighted by molar-refractivity contribution is 0.0845. The van der Waals surface area contributed by atoms with Gasteiger partial charge in [-0.2, -0.15) is 0 Å². The topological polar surface area (TPSA) is 12.0 Å². The molecule has 1 heteroatoms. The quantitative estimate of drug-likeness (QED) is 0.835. The van der Waals surface area contributed by atoms with Crippen LogP contribution in [0, 0.1) is 10.8 Å². The zero-order valence-electron chi connectivity index (χ0n) is 14.3. The molecule has 1 aromatic rings. The van der Waals surface area contributed by atoms with E-state index in [1.54, 1.807) is 11.1 Å². The summed E-state index contributed by atoms with van der Waals surface area (Å²) in [5.41, 5.74) is 5.59. The molecule has 0 unspecified atom stereocenters. The van der Waals surface area contributed by atoms with E-state index in [1.165, 1.54) is 44.1 Å². The largest absolute Gasteiger partial charge is 0.310 e. The number of fused-ring (bicyclic) bond motifs is 1. The van der Waals surface area contributed by atoms with E-state index in [9.17, 15) is 0 Å². The Balaban J connectivity index is 1.62. The number of nitrogens with one attached hydrogen (secondary N) is 1. The van der Waals surface area contributed by atoms with Gasteiger partial charge in [-0.05, 0) is 66.0 Å². The molecule has 1 saturated carbocycles. The minimum atomic E-state index is 0.470. The summed E-state index contributed by atoms with van der Waals surface area (Å²) >= 11 is 0. The van der Waals surface area contributed by atoms with Crippen molar-refractivity contribution in [2.45, 2.75) is 78.8 Å². The standard InChI is InChI=1S/C20H31N/c1-19(2)11-18(12-20(3,4)14-19)21-13-15-8-9-16-6-5-7-17(16)10-15/h8-10,18,21H,5-7,11-14H2,1-4H3. The molecule has 21 heavy (non-hydrogen) atoms. The fourth-order valence-corrected chi connectivity index (χ4v) is 4.99. The minimum Gasteiger partial charge on any atom is -0.310 e. The predicted molar refractivity (Wildman–Crippen MR) is 90.5 cm³/mol. The maximum atomic E-state index is 3.84. The lowest BCUT2D eigenvalue weighted by atomic mass is 9.63. The molecule has 0 aliphatic heterocycles. The zero-order valence-corrected chi connectivity index (χ0v) is 14.3. The van der Waals surface area contributed by atoms with Crippen LogP contribution in [0.5, 0.6) is 0 Å². The van der Waals surface area contributed by atoms with Crippen molar-refractivity contribution in [3.8, 4) is 0 Å². The van der Waals surface area contributed by atoms with Crippen LogP contribution in [0.2, 0.25) is 0 Å². The highest BCUT2D eigenvalue weighted by Crippen LogP contribution is 2.45. The van der Waals surface area contributed by atoms with E-state index < -0.39 is 0 Å². The van der Waals surface area contributed by atoms with Gasteiger partial charge in [0, 0.05) is 12.6 Å². The Labute approximate surface area is 130 Å². The van der Waals surface area contributed by atoms with E-state index in [2.05, 4.69) is 51.2 Å². The molecule has 0 aromatic heterocycles. The zero-order chi connectivity index (χ0) is 15.1. The maximum absolute atomic E-state index is 3.84. The molecular weight excluding hydrogens is 254 g/mol. The fraction of sp³-hybridized carbons (Fsp3) is 0.700. The maximum Gasteiger partial charge on any atom is 0.0208 e. The summed E-state index contributed by atoms with van der Waals surface area (Å²) < 4.78 is 0. The van der Waals surface area contributed by atoms with E-state index in [0.29, 0.717) is 16.9 Å². The lowest BCUT2D eigenvalue weighted by Crippen LogP contribution is -2.43. The SMILES string of the molecule is CC1(C)CC(NCc2ccc3c(c2)CCC3)CC(C)(C)C1. The molecule has 2 aliphatic rings. The van der Waals surface area contributed by atoms with Gasteiger partial charge < -0.3 is 5.32 Å². The van der Waals surface area contributed by atoms with Crippen LogP contribution < -0.4 is 5.32 Å². The smallest absolute Gasteiger partial charge is 0.0208 e. The van der Waals surface area contributed by atoms with Gasteiger partial charge in [-0.15, -0.1) is 0 Å². The first-order valence-corrected chi connectivity index (χ1v) is 8.67. The van der Waals surface area contributed by atoms with Crippen molar-refractivity contribution < 1.29 is 0 Å². The van der Waals surface area contributed by atoms with Crippen LogP contribution in [0.15, 0.2) is 18.2 Å². The third-order valence-electron chi connectivity index (χ3n) is 5.31. The van der Waals surface area contributed by atoms with Crippen molar-refractivity contribution in [2.75, 3.05) is 0 Å². The molecule has 0 saturated heterocycles. The van der Waals surface area contributed by atoms with Gasteiger partial charge in [-0.3, -0.25) is 0 Å². The van der Waals surface area contributed by atoms with Crippen LogP contribution >= 0.6 is 0 Å². The third kappa shape index (κ3) is 3.69. The van der Waals surface area contributed by atoms with Crippen LogP contribution in [0.3, 0.4) is 0 Å². The predicted octanol–water partition coefficient (Wildman–Crippen LogP) is 4.87. The molecule has 1 fully saturated rings. The second-order valence-electron chi connectivity index (χ2n) is 8.95. The Hall–Kier alpha value is -0.820. The molecule has 2 aliphatic carbocycles. The molecule has 116 valence electrons. The average molecular weight is 285 g/mol. The van der Waals surface area contributed by atoms with Gasteiger partial charge in [0.2, 0.25) is 0 Å². The Kier molecular flexibility index (Phi) is 3.90. The minimum absolute atomic E-state index is 0.470. The van der Waals surface area contributed by atoms with Gasteiger partial charge in [-0.25, -0.2) is 0 Å². The molecular formula is C20H31N. The van der Waals surface area contributed by atoms with E-state index in [0.717, 1.165) is 6.54 Å². The first-order valence-electron chi connectivity index (χ1n) is 8.67. The number of aryl methyl sites for hydroxylation is 2. The summed E-state index contributed by atoms with van der Waals surface area (Å²) in [5, 5.41) is 3.84. The molecule has 0 bridgehead atoms. The second-order valence-corrected chi connectivity index (χ2v) is 8.95. The Morgan fingerprint density at radius 3 is 2.38 bits per heavy atom. The lowest BCUT2D eigenvalue weighted by Gasteiger charge is -2.45. The van der Waals surface area contributed by atoms with Gasteiger partial charge in [0.15, 0.2) is 0 Å². The molecule has 0 amide bonds. The molecule has 1 aromatic carbocycles. The van der Waals surface area contributed by atoms with Crippen LogP contribution in [0.4, 0.5) is 0 Å². The van der Waals surface area contributed by atoms with Gasteiger partial charge in [-0.1, -0.05) is 45.9 Å². The summed E-state index contributed by atoms with van der Waals surface area (Å²) in [7, 11) is 0. The van der Waals surface area contributed by atoms with Crippen molar-refractivity contribution >= 4 is 0 Å². The fourth-order valence-electron chi connectivity index (χ4n) is 4.99. The molecule has 0 spiro atoms. The summed E-state index contributed by atoms with van der Waals surface area (Å²) in [6, 6.07) is 7.79. The average Bonchev–Trinajstić information content (AvgIpc) is 2.79. The van der Waals surface area contributed by atoms with Crippen molar-refractivity contribution in [1.82, 2.24) is 5.32 Å². The Morgan fingerprint density at radius 1 is 1.00 bits per heavy atom. The van der Waals surface area contributed by atoms with Gasteiger partial charge in [0.1, 0.15) is 0 Å². The monoisotopic (exact) mass is 285 g/mol. The Bertz CT molecular complexity index is 497. The second kappa shape index (κ2) is 5.43. The third-order valence-corrected chi connectivity index (χ3v) is 5.31. The van der Waals surface area contributed by atoms with Crippen LogP contribution in [0.1, 0.15) is 70.1 Å². The van der Waals surface area contributed by atoms with Crippen molar-refractivity contribution in [2.24, 2.45) is 10.8 Å². The van der Waals surface area contributed by atoms with Crippen LogP contribution in [-0.2, 0) is 19.4 Å². The number of hydrogen-bond donors (Lipinski definition) is 1. The summed E-state index contributed by atoms with van der Waals surface area (Å²) in [5.74, 6) is 0. The van der Waals surface area contributed by atoms with E-state index in [-0.39, 0.29) is 0 Å². The van der Waals surface area contributed by atoms with E-state index in [4.69, 9.17) is 0 Å². The molecule has 1 nitrogen and oxygen atoms in total. The van der Waals surface area contributed by atoms with Crippen LogP contribution in [0.25, 0.3) is 0 Å². The number of benzene rings is 1. The summed E-state index contributed by atoms with van der Waals surface area (Å²) in [6.45, 7) is 10.7. The van der Waals surface area contributed by atoms with Crippen LogP contribution in [-0.4, -0.2) is 6.04 Å². The highest BCUT2D eigenvalue weighted by Gasteiger charge is 2.38. The van der Waals surface area contributed by atoms with Crippen molar-refractivity contribution in [3.63, 3.8) is 0 Å². The van der Waals surface area contributed by atoms with Gasteiger partial charge in [0.25, 0.3) is 0 Å². The molecule has 1 N–H and O–H groups in total. The Morgan fingerprint density at radius 2 is 1.67 bits per heavy atom. The first kappa shape index (κ1) is 15.1. The number of hydrogen-bond acceptors (Lipinski definition) is 1. The van der Waals surface area contributed by atoms with Gasteiger partial charge >= 0.3 is 0 Å². The van der Waals surface area contributed by atoms with Gasteiger partial charge in [0.05, 0.1) is 0 Å². The molecule has 0 atom stereocenters. The number of rotatable bonds is 3. The molecule has 0 heterocycles. The highest BCUT2D eigenvalue weighted by atomic mass is 14.9. The summed E-state index contributed by atoms with van der Waals surface area (Å²) in [6.07, 6.45) is 7.87.